The van der Waals surface area contributed by atoms with Crippen LogP contribution in [0.5, 0.6) is 0 Å². The summed E-state index contributed by atoms with van der Waals surface area (Å²) >= 11 is 0. The van der Waals surface area contributed by atoms with Crippen LogP contribution in [0.3, 0.4) is 0 Å². The molecular formula is C16H25ClN2O. The number of hydrogen-bond donors (Lipinski definition) is 1. The maximum atomic E-state index is 12.6. The van der Waals surface area contributed by atoms with Crippen molar-refractivity contribution in [3.63, 3.8) is 0 Å². The highest BCUT2D eigenvalue weighted by Gasteiger charge is 2.31. The van der Waals surface area contributed by atoms with Gasteiger partial charge in [0.25, 0.3) is 0 Å². The van der Waals surface area contributed by atoms with Crippen molar-refractivity contribution in [3.05, 3.63) is 35.9 Å². The Labute approximate surface area is 128 Å². The van der Waals surface area contributed by atoms with Crippen LogP contribution >= 0.6 is 12.4 Å². The molecule has 1 aliphatic rings. The maximum absolute atomic E-state index is 12.6. The molecule has 0 spiro atoms. The number of rotatable bonds is 6. The third-order valence-corrected chi connectivity index (χ3v) is 3.93. The summed E-state index contributed by atoms with van der Waals surface area (Å²) in [6, 6.07) is 10.3. The minimum atomic E-state index is 0. The van der Waals surface area contributed by atoms with E-state index >= 15 is 0 Å². The average Bonchev–Trinajstić information content (AvgIpc) is 2.36. The molecule has 1 N–H and O–H groups in total. The molecule has 4 heteroatoms. The standard InChI is InChI=1S/C16H24N2O.ClH/c1-3-9-18(12-14-7-5-4-6-8-14)16(19)13(2)15-10-17-11-15;/h4-8,13,15,17H,3,9-12H2,1-2H3;1H. The molecule has 1 fully saturated rings. The Morgan fingerprint density at radius 3 is 2.50 bits per heavy atom. The minimum absolute atomic E-state index is 0. The van der Waals surface area contributed by atoms with Gasteiger partial charge in [-0.2, -0.15) is 0 Å². The highest BCUT2D eigenvalue weighted by Crippen LogP contribution is 2.19. The first-order valence-corrected chi connectivity index (χ1v) is 7.25. The van der Waals surface area contributed by atoms with Crippen LogP contribution in [0.1, 0.15) is 25.8 Å². The van der Waals surface area contributed by atoms with Gasteiger partial charge < -0.3 is 10.2 Å². The first-order chi connectivity index (χ1) is 9.22. The Bertz CT molecular complexity index is 406. The number of amides is 1. The molecule has 0 saturated carbocycles. The van der Waals surface area contributed by atoms with E-state index in [9.17, 15) is 4.79 Å². The first kappa shape index (κ1) is 17.0. The lowest BCUT2D eigenvalue weighted by molar-refractivity contribution is -0.138. The van der Waals surface area contributed by atoms with Crippen LogP contribution in [-0.2, 0) is 11.3 Å². The molecule has 1 unspecified atom stereocenters. The van der Waals surface area contributed by atoms with Crippen molar-refractivity contribution in [2.75, 3.05) is 19.6 Å². The highest BCUT2D eigenvalue weighted by atomic mass is 35.5. The monoisotopic (exact) mass is 296 g/mol. The van der Waals surface area contributed by atoms with Crippen LogP contribution in [0.15, 0.2) is 30.3 Å². The summed E-state index contributed by atoms with van der Waals surface area (Å²) < 4.78 is 0. The van der Waals surface area contributed by atoms with E-state index in [1.165, 1.54) is 5.56 Å². The van der Waals surface area contributed by atoms with Gasteiger partial charge in [-0.15, -0.1) is 12.4 Å². The SMILES string of the molecule is CCCN(Cc1ccccc1)C(=O)C(C)C1CNC1.Cl. The van der Waals surface area contributed by atoms with Crippen LogP contribution in [0.2, 0.25) is 0 Å². The fourth-order valence-electron chi connectivity index (χ4n) is 2.50. The second kappa shape index (κ2) is 8.28. The molecule has 0 aromatic heterocycles. The Kier molecular flexibility index (Phi) is 7.03. The van der Waals surface area contributed by atoms with Crippen LogP contribution < -0.4 is 5.32 Å². The van der Waals surface area contributed by atoms with Gasteiger partial charge in [-0.3, -0.25) is 4.79 Å². The molecule has 3 nitrogen and oxygen atoms in total. The van der Waals surface area contributed by atoms with E-state index in [0.717, 1.165) is 32.6 Å². The summed E-state index contributed by atoms with van der Waals surface area (Å²) in [7, 11) is 0. The lowest BCUT2D eigenvalue weighted by Gasteiger charge is -2.35. The lowest BCUT2D eigenvalue weighted by Crippen LogP contribution is -2.50. The third-order valence-electron chi connectivity index (χ3n) is 3.93. The molecule has 0 radical (unpaired) electrons. The Balaban J connectivity index is 0.00000200. The van der Waals surface area contributed by atoms with Gasteiger partial charge in [0.15, 0.2) is 0 Å². The number of benzene rings is 1. The molecule has 20 heavy (non-hydrogen) atoms. The zero-order valence-electron chi connectivity index (χ0n) is 12.3. The number of hydrogen-bond acceptors (Lipinski definition) is 2. The average molecular weight is 297 g/mol. The van der Waals surface area contributed by atoms with Gasteiger partial charge in [0.05, 0.1) is 0 Å². The molecule has 1 saturated heterocycles. The molecule has 1 aliphatic heterocycles. The number of carbonyl (C=O) groups excluding carboxylic acids is 1. The van der Waals surface area contributed by atoms with Crippen LogP contribution in [0, 0.1) is 11.8 Å². The fraction of sp³-hybridized carbons (Fsp3) is 0.562. The molecule has 1 amide bonds. The number of halogens is 1. The fourth-order valence-corrected chi connectivity index (χ4v) is 2.50. The maximum Gasteiger partial charge on any atom is 0.226 e. The van der Waals surface area contributed by atoms with Gasteiger partial charge in [0, 0.05) is 19.0 Å². The van der Waals surface area contributed by atoms with E-state index in [-0.39, 0.29) is 18.3 Å². The molecule has 1 aromatic carbocycles. The largest absolute Gasteiger partial charge is 0.338 e. The number of carbonyl (C=O) groups is 1. The zero-order valence-corrected chi connectivity index (χ0v) is 13.2. The Morgan fingerprint density at radius 2 is 2.00 bits per heavy atom. The Morgan fingerprint density at radius 1 is 1.35 bits per heavy atom. The van der Waals surface area contributed by atoms with Gasteiger partial charge in [-0.05, 0) is 31.0 Å². The summed E-state index contributed by atoms with van der Waals surface area (Å²) in [5.41, 5.74) is 1.21. The summed E-state index contributed by atoms with van der Waals surface area (Å²) in [5, 5.41) is 3.25. The molecule has 1 heterocycles. The molecule has 112 valence electrons. The minimum Gasteiger partial charge on any atom is -0.338 e. The van der Waals surface area contributed by atoms with Crippen LogP contribution in [0.4, 0.5) is 0 Å². The first-order valence-electron chi connectivity index (χ1n) is 7.25. The summed E-state index contributed by atoms with van der Waals surface area (Å²) in [5.74, 6) is 0.955. The number of nitrogens with one attached hydrogen (secondary N) is 1. The van der Waals surface area contributed by atoms with Crippen LogP contribution in [-0.4, -0.2) is 30.4 Å². The van der Waals surface area contributed by atoms with E-state index in [1.807, 2.05) is 23.1 Å². The zero-order chi connectivity index (χ0) is 13.7. The van der Waals surface area contributed by atoms with E-state index < -0.39 is 0 Å². The topological polar surface area (TPSA) is 32.3 Å². The predicted molar refractivity (Wildman–Crippen MR) is 84.9 cm³/mol. The van der Waals surface area contributed by atoms with E-state index in [1.54, 1.807) is 0 Å². The van der Waals surface area contributed by atoms with E-state index in [4.69, 9.17) is 0 Å². The smallest absolute Gasteiger partial charge is 0.226 e. The van der Waals surface area contributed by atoms with Gasteiger partial charge in [0.2, 0.25) is 5.91 Å². The molecule has 2 rings (SSSR count). The summed E-state index contributed by atoms with van der Waals surface area (Å²) in [6.07, 6.45) is 1.01. The van der Waals surface area contributed by atoms with Crippen molar-refractivity contribution < 1.29 is 4.79 Å². The quantitative estimate of drug-likeness (QED) is 0.875. The molecular weight excluding hydrogens is 272 g/mol. The van der Waals surface area contributed by atoms with Crippen molar-refractivity contribution in [2.24, 2.45) is 11.8 Å². The normalized spacial score (nSPS) is 15.9. The third kappa shape index (κ3) is 4.22. The van der Waals surface area contributed by atoms with E-state index in [0.29, 0.717) is 11.8 Å². The van der Waals surface area contributed by atoms with Crippen molar-refractivity contribution in [2.45, 2.75) is 26.8 Å². The summed E-state index contributed by atoms with van der Waals surface area (Å²) in [4.78, 5) is 14.6. The van der Waals surface area contributed by atoms with Crippen molar-refractivity contribution in [1.82, 2.24) is 10.2 Å². The van der Waals surface area contributed by atoms with Crippen molar-refractivity contribution >= 4 is 18.3 Å². The van der Waals surface area contributed by atoms with Gasteiger partial charge in [-0.25, -0.2) is 0 Å². The van der Waals surface area contributed by atoms with Gasteiger partial charge in [0.1, 0.15) is 0 Å². The molecule has 0 aliphatic carbocycles. The second-order valence-corrected chi connectivity index (χ2v) is 5.45. The van der Waals surface area contributed by atoms with Crippen molar-refractivity contribution in [1.29, 1.82) is 0 Å². The molecule has 0 bridgehead atoms. The number of nitrogens with zero attached hydrogens (tertiary/aromatic N) is 1. The molecule has 1 atom stereocenters. The van der Waals surface area contributed by atoms with Gasteiger partial charge in [-0.1, -0.05) is 44.2 Å². The van der Waals surface area contributed by atoms with Crippen LogP contribution in [0.25, 0.3) is 0 Å². The Hall–Kier alpha value is -1.06. The highest BCUT2D eigenvalue weighted by molar-refractivity contribution is 5.85. The lowest BCUT2D eigenvalue weighted by atomic mass is 9.88. The van der Waals surface area contributed by atoms with E-state index in [2.05, 4.69) is 31.3 Å². The van der Waals surface area contributed by atoms with Gasteiger partial charge >= 0.3 is 0 Å². The summed E-state index contributed by atoms with van der Waals surface area (Å²) in [6.45, 7) is 7.75. The predicted octanol–water partition coefficient (Wildman–Crippen LogP) is 2.70. The second-order valence-electron chi connectivity index (χ2n) is 5.45. The van der Waals surface area contributed by atoms with Crippen molar-refractivity contribution in [3.8, 4) is 0 Å². The molecule has 1 aromatic rings.